The number of nitrogens with one attached hydrogen (secondary N) is 2. The molecule has 1 aromatic carbocycles. The fraction of sp³-hybridized carbons (Fsp3) is 0.300. The second kappa shape index (κ2) is 6.70. The SMILES string of the molecule is Cc1cc(Cl)c([N+](=O)[O-])cc1S(=O)(=O)NCCNC(N)=O. The molecular weight excluding hydrogens is 324 g/mol. The zero-order valence-corrected chi connectivity index (χ0v) is 12.5. The van der Waals surface area contributed by atoms with Gasteiger partial charge in [-0.3, -0.25) is 10.1 Å². The summed E-state index contributed by atoms with van der Waals surface area (Å²) in [5, 5.41) is 12.9. The molecule has 0 heterocycles. The molecule has 11 heteroatoms. The second-order valence-corrected chi connectivity index (χ2v) is 6.16. The molecule has 0 fully saturated rings. The van der Waals surface area contributed by atoms with Gasteiger partial charge in [0.1, 0.15) is 5.02 Å². The van der Waals surface area contributed by atoms with Crippen molar-refractivity contribution in [3.63, 3.8) is 0 Å². The number of primary amides is 1. The molecule has 1 rings (SSSR count). The van der Waals surface area contributed by atoms with Crippen LogP contribution in [-0.2, 0) is 10.0 Å². The molecule has 0 unspecified atom stereocenters. The highest BCUT2D eigenvalue weighted by Gasteiger charge is 2.23. The number of aryl methyl sites for hydroxylation is 1. The number of sulfonamides is 1. The van der Waals surface area contributed by atoms with Crippen LogP contribution in [0.3, 0.4) is 0 Å². The van der Waals surface area contributed by atoms with Crippen molar-refractivity contribution >= 4 is 33.3 Å². The number of amides is 2. The van der Waals surface area contributed by atoms with E-state index in [-0.39, 0.29) is 28.6 Å². The van der Waals surface area contributed by atoms with Crippen LogP contribution in [0.15, 0.2) is 17.0 Å². The number of hydrogen-bond acceptors (Lipinski definition) is 5. The summed E-state index contributed by atoms with van der Waals surface area (Å²) in [7, 11) is -3.97. The van der Waals surface area contributed by atoms with Crippen LogP contribution in [0.2, 0.25) is 5.02 Å². The molecule has 0 aliphatic rings. The Hall–Kier alpha value is -1.91. The Balaban J connectivity index is 3.00. The maximum absolute atomic E-state index is 12.1. The average Bonchev–Trinajstić information content (AvgIpc) is 2.33. The lowest BCUT2D eigenvalue weighted by atomic mass is 10.2. The highest BCUT2D eigenvalue weighted by atomic mass is 35.5. The standard InChI is InChI=1S/C10H13ClN4O5S/c1-6-4-7(11)8(15(17)18)5-9(6)21(19,20)14-3-2-13-10(12)16/h4-5,14H,2-3H2,1H3,(H3,12,13,16). The number of nitrogens with two attached hydrogens (primary N) is 1. The van der Waals surface area contributed by atoms with Crippen LogP contribution in [0, 0.1) is 17.0 Å². The van der Waals surface area contributed by atoms with Gasteiger partial charge in [-0.05, 0) is 18.6 Å². The Labute approximate surface area is 125 Å². The van der Waals surface area contributed by atoms with E-state index in [1.165, 1.54) is 13.0 Å². The van der Waals surface area contributed by atoms with Gasteiger partial charge in [-0.15, -0.1) is 0 Å². The normalized spacial score (nSPS) is 11.1. The minimum absolute atomic E-state index is 0.0106. The number of rotatable bonds is 6. The lowest BCUT2D eigenvalue weighted by Crippen LogP contribution is -2.37. The van der Waals surface area contributed by atoms with Gasteiger partial charge in [-0.25, -0.2) is 17.9 Å². The number of nitro groups is 1. The number of carbonyl (C=O) groups is 1. The topological polar surface area (TPSA) is 144 Å². The van der Waals surface area contributed by atoms with Gasteiger partial charge in [-0.1, -0.05) is 11.6 Å². The molecule has 0 spiro atoms. The number of hydrogen-bond donors (Lipinski definition) is 3. The predicted octanol–water partition coefficient (Wildman–Crippen LogP) is 0.503. The van der Waals surface area contributed by atoms with Crippen LogP contribution in [0.4, 0.5) is 10.5 Å². The van der Waals surface area contributed by atoms with Gasteiger partial charge in [0, 0.05) is 19.2 Å². The Bertz CT molecular complexity index is 676. The fourth-order valence-electron chi connectivity index (χ4n) is 1.52. The summed E-state index contributed by atoms with van der Waals surface area (Å²) in [6.07, 6.45) is 0. The van der Waals surface area contributed by atoms with Crippen molar-refractivity contribution in [2.45, 2.75) is 11.8 Å². The van der Waals surface area contributed by atoms with Gasteiger partial charge in [0.25, 0.3) is 5.69 Å². The van der Waals surface area contributed by atoms with Crippen molar-refractivity contribution in [1.82, 2.24) is 10.0 Å². The first-order valence-electron chi connectivity index (χ1n) is 5.62. The van der Waals surface area contributed by atoms with E-state index in [2.05, 4.69) is 10.0 Å². The maximum Gasteiger partial charge on any atom is 0.312 e. The molecule has 0 saturated heterocycles. The summed E-state index contributed by atoms with van der Waals surface area (Å²) in [5.41, 5.74) is 4.59. The van der Waals surface area contributed by atoms with Crippen LogP contribution in [0.5, 0.6) is 0 Å². The minimum atomic E-state index is -3.97. The Morgan fingerprint density at radius 1 is 1.43 bits per heavy atom. The first-order chi connectivity index (χ1) is 9.65. The van der Waals surface area contributed by atoms with Crippen molar-refractivity contribution < 1.29 is 18.1 Å². The molecule has 0 radical (unpaired) electrons. The van der Waals surface area contributed by atoms with E-state index in [1.807, 2.05) is 0 Å². The van der Waals surface area contributed by atoms with Gasteiger partial charge in [0.05, 0.1) is 9.82 Å². The van der Waals surface area contributed by atoms with Gasteiger partial charge in [0.2, 0.25) is 10.0 Å². The third-order valence-electron chi connectivity index (χ3n) is 2.45. The number of carbonyl (C=O) groups excluding carboxylic acids is 1. The van der Waals surface area contributed by atoms with Crippen molar-refractivity contribution in [3.05, 3.63) is 32.8 Å². The highest BCUT2D eigenvalue weighted by Crippen LogP contribution is 2.29. The quantitative estimate of drug-likeness (QED) is 0.393. The zero-order valence-electron chi connectivity index (χ0n) is 10.9. The molecule has 21 heavy (non-hydrogen) atoms. The summed E-state index contributed by atoms with van der Waals surface area (Å²) >= 11 is 5.69. The van der Waals surface area contributed by atoms with Crippen molar-refractivity contribution in [2.24, 2.45) is 5.73 Å². The molecule has 1 aromatic rings. The first kappa shape index (κ1) is 17.1. The molecule has 4 N–H and O–H groups in total. The van der Waals surface area contributed by atoms with Crippen LogP contribution in [0.25, 0.3) is 0 Å². The van der Waals surface area contributed by atoms with E-state index in [0.29, 0.717) is 0 Å². The summed E-state index contributed by atoms with van der Waals surface area (Å²) < 4.78 is 26.3. The van der Waals surface area contributed by atoms with Gasteiger partial charge >= 0.3 is 6.03 Å². The summed E-state index contributed by atoms with van der Waals surface area (Å²) in [5.74, 6) is 0. The number of urea groups is 1. The summed E-state index contributed by atoms with van der Waals surface area (Å²) in [6, 6.07) is 1.31. The largest absolute Gasteiger partial charge is 0.352 e. The van der Waals surface area contributed by atoms with Crippen LogP contribution >= 0.6 is 11.6 Å². The number of benzene rings is 1. The Morgan fingerprint density at radius 3 is 2.57 bits per heavy atom. The van der Waals surface area contributed by atoms with Crippen LogP contribution in [0.1, 0.15) is 5.56 Å². The molecule has 0 bridgehead atoms. The van der Waals surface area contributed by atoms with Gasteiger partial charge in [0.15, 0.2) is 0 Å². The van der Waals surface area contributed by atoms with Crippen molar-refractivity contribution in [3.8, 4) is 0 Å². The monoisotopic (exact) mass is 336 g/mol. The average molecular weight is 337 g/mol. The third-order valence-corrected chi connectivity index (χ3v) is 4.35. The molecule has 0 aliphatic heterocycles. The van der Waals surface area contributed by atoms with Gasteiger partial charge < -0.3 is 11.1 Å². The van der Waals surface area contributed by atoms with Crippen molar-refractivity contribution in [1.29, 1.82) is 0 Å². The Morgan fingerprint density at radius 2 is 2.05 bits per heavy atom. The van der Waals surface area contributed by atoms with Gasteiger partial charge in [-0.2, -0.15) is 0 Å². The van der Waals surface area contributed by atoms with Crippen molar-refractivity contribution in [2.75, 3.05) is 13.1 Å². The molecule has 0 saturated carbocycles. The molecule has 116 valence electrons. The molecule has 0 aromatic heterocycles. The van der Waals surface area contributed by atoms with E-state index in [0.717, 1.165) is 6.07 Å². The Kier molecular flexibility index (Phi) is 5.47. The minimum Gasteiger partial charge on any atom is -0.352 e. The zero-order chi connectivity index (χ0) is 16.2. The number of nitro benzene ring substituents is 1. The molecule has 0 aliphatic carbocycles. The molecule has 9 nitrogen and oxygen atoms in total. The van der Waals surface area contributed by atoms with E-state index in [4.69, 9.17) is 17.3 Å². The van der Waals surface area contributed by atoms with E-state index >= 15 is 0 Å². The van der Waals surface area contributed by atoms with Crippen LogP contribution in [-0.4, -0.2) is 32.5 Å². The lowest BCUT2D eigenvalue weighted by molar-refractivity contribution is -0.384. The van der Waals surface area contributed by atoms with Crippen LogP contribution < -0.4 is 15.8 Å². The summed E-state index contributed by atoms with van der Waals surface area (Å²) in [6.45, 7) is 1.34. The third kappa shape index (κ3) is 4.55. The fourth-order valence-corrected chi connectivity index (χ4v) is 3.08. The van der Waals surface area contributed by atoms with E-state index in [1.54, 1.807) is 0 Å². The maximum atomic E-state index is 12.1. The second-order valence-electron chi connectivity index (χ2n) is 4.02. The highest BCUT2D eigenvalue weighted by molar-refractivity contribution is 7.89. The first-order valence-corrected chi connectivity index (χ1v) is 7.49. The van der Waals surface area contributed by atoms with E-state index < -0.39 is 26.7 Å². The van der Waals surface area contributed by atoms with E-state index in [9.17, 15) is 23.3 Å². The summed E-state index contributed by atoms with van der Waals surface area (Å²) in [4.78, 5) is 20.2. The lowest BCUT2D eigenvalue weighted by Gasteiger charge is -2.10. The molecule has 0 atom stereocenters. The number of nitrogens with zero attached hydrogens (tertiary/aromatic N) is 1. The molecular formula is C10H13ClN4O5S. The predicted molar refractivity (Wildman–Crippen MR) is 75.6 cm³/mol. The molecule has 2 amide bonds. The smallest absolute Gasteiger partial charge is 0.312 e. The number of halogens is 1.